The molecule has 0 bridgehead atoms. The summed E-state index contributed by atoms with van der Waals surface area (Å²) >= 11 is 0. The normalized spacial score (nSPS) is 27.1. The number of halogens is 4. The minimum Gasteiger partial charge on any atom is -0.359 e. The van der Waals surface area contributed by atoms with Gasteiger partial charge < -0.3 is 4.74 Å². The molecule has 1 aromatic rings. The molecule has 0 radical (unpaired) electrons. The molecule has 2 rings (SSSR count). The maximum absolute atomic E-state index is 12.4. The molecule has 0 aliphatic carbocycles. The standard InChI is InChI=1S/C13H16F3NO.ClH/c1-9-8-18-12(2,17-9)7-10-3-5-11(6-4-10)13(14,15)16;/h3-6,9,17H,7-8H2,1-2H3;1H. The summed E-state index contributed by atoms with van der Waals surface area (Å²) in [5, 5.41) is 3.28. The molecule has 1 N–H and O–H groups in total. The van der Waals surface area contributed by atoms with Crippen molar-refractivity contribution in [3.63, 3.8) is 0 Å². The van der Waals surface area contributed by atoms with Gasteiger partial charge in [0.25, 0.3) is 0 Å². The van der Waals surface area contributed by atoms with E-state index in [0.29, 0.717) is 13.0 Å². The van der Waals surface area contributed by atoms with Crippen LogP contribution in [0.1, 0.15) is 25.0 Å². The van der Waals surface area contributed by atoms with Gasteiger partial charge in [0.15, 0.2) is 0 Å². The molecule has 0 amide bonds. The Labute approximate surface area is 116 Å². The predicted molar refractivity (Wildman–Crippen MR) is 69.4 cm³/mol. The Kier molecular flexibility index (Phi) is 4.87. The first-order valence-electron chi connectivity index (χ1n) is 5.86. The first kappa shape index (κ1) is 16.3. The molecule has 2 nitrogen and oxygen atoms in total. The minimum absolute atomic E-state index is 0. The molecular weight excluding hydrogens is 279 g/mol. The molecule has 0 saturated carbocycles. The van der Waals surface area contributed by atoms with E-state index in [1.165, 1.54) is 12.1 Å². The Morgan fingerprint density at radius 3 is 2.32 bits per heavy atom. The fraction of sp³-hybridized carbons (Fsp3) is 0.538. The first-order chi connectivity index (χ1) is 8.28. The number of benzene rings is 1. The lowest BCUT2D eigenvalue weighted by Gasteiger charge is -2.24. The number of ether oxygens (including phenoxy) is 1. The zero-order valence-electron chi connectivity index (χ0n) is 10.8. The maximum atomic E-state index is 12.4. The van der Waals surface area contributed by atoms with Crippen LogP contribution in [0.15, 0.2) is 24.3 Å². The number of hydrogen-bond donors (Lipinski definition) is 1. The molecule has 108 valence electrons. The van der Waals surface area contributed by atoms with Gasteiger partial charge in [-0.1, -0.05) is 12.1 Å². The fourth-order valence-electron chi connectivity index (χ4n) is 2.22. The van der Waals surface area contributed by atoms with Gasteiger partial charge >= 0.3 is 6.18 Å². The highest BCUT2D eigenvalue weighted by Crippen LogP contribution is 2.30. The van der Waals surface area contributed by atoms with Crippen molar-refractivity contribution in [3.05, 3.63) is 35.4 Å². The van der Waals surface area contributed by atoms with Gasteiger partial charge in [0, 0.05) is 12.5 Å². The topological polar surface area (TPSA) is 21.3 Å². The van der Waals surface area contributed by atoms with Crippen molar-refractivity contribution in [1.29, 1.82) is 0 Å². The van der Waals surface area contributed by atoms with Crippen LogP contribution >= 0.6 is 12.4 Å². The summed E-state index contributed by atoms with van der Waals surface area (Å²) in [5.41, 5.74) is -0.281. The zero-order chi connectivity index (χ0) is 13.4. The van der Waals surface area contributed by atoms with E-state index in [2.05, 4.69) is 5.32 Å². The molecular formula is C13H17ClF3NO. The molecule has 19 heavy (non-hydrogen) atoms. The highest BCUT2D eigenvalue weighted by atomic mass is 35.5. The molecule has 1 aliphatic rings. The Hall–Kier alpha value is -0.780. The van der Waals surface area contributed by atoms with Gasteiger partial charge in [-0.3, -0.25) is 5.32 Å². The summed E-state index contributed by atoms with van der Waals surface area (Å²) in [4.78, 5) is 0. The van der Waals surface area contributed by atoms with Crippen molar-refractivity contribution in [3.8, 4) is 0 Å². The van der Waals surface area contributed by atoms with E-state index >= 15 is 0 Å². The zero-order valence-corrected chi connectivity index (χ0v) is 11.6. The van der Waals surface area contributed by atoms with Gasteiger partial charge in [-0.15, -0.1) is 12.4 Å². The lowest BCUT2D eigenvalue weighted by Crippen LogP contribution is -2.42. The molecule has 0 spiro atoms. The van der Waals surface area contributed by atoms with Crippen LogP contribution in [-0.2, 0) is 17.3 Å². The van der Waals surface area contributed by atoms with Gasteiger partial charge in [0.05, 0.1) is 12.2 Å². The molecule has 6 heteroatoms. The van der Waals surface area contributed by atoms with Crippen LogP contribution in [0.2, 0.25) is 0 Å². The summed E-state index contributed by atoms with van der Waals surface area (Å²) in [6.45, 7) is 4.54. The Bertz CT molecular complexity index is 421. The predicted octanol–water partition coefficient (Wildman–Crippen LogP) is 3.39. The molecule has 1 saturated heterocycles. The van der Waals surface area contributed by atoms with Crippen molar-refractivity contribution in [2.45, 2.75) is 38.2 Å². The summed E-state index contributed by atoms with van der Waals surface area (Å²) in [5.74, 6) is 0. The van der Waals surface area contributed by atoms with Crippen molar-refractivity contribution >= 4 is 12.4 Å². The van der Waals surface area contributed by atoms with Gasteiger partial charge in [0.1, 0.15) is 5.72 Å². The average molecular weight is 296 g/mol. The van der Waals surface area contributed by atoms with Crippen molar-refractivity contribution in [2.75, 3.05) is 6.61 Å². The third-order valence-electron chi connectivity index (χ3n) is 3.03. The van der Waals surface area contributed by atoms with Crippen LogP contribution in [0, 0.1) is 0 Å². The van der Waals surface area contributed by atoms with Crippen LogP contribution in [0.4, 0.5) is 13.2 Å². The van der Waals surface area contributed by atoms with Crippen LogP contribution in [-0.4, -0.2) is 18.4 Å². The highest BCUT2D eigenvalue weighted by Gasteiger charge is 2.34. The smallest absolute Gasteiger partial charge is 0.359 e. The van der Waals surface area contributed by atoms with Gasteiger partial charge in [-0.2, -0.15) is 13.2 Å². The molecule has 2 atom stereocenters. The van der Waals surface area contributed by atoms with E-state index in [-0.39, 0.29) is 18.4 Å². The number of nitrogens with one attached hydrogen (secondary N) is 1. The SMILES string of the molecule is CC1COC(C)(Cc2ccc(C(F)(F)F)cc2)N1.Cl. The largest absolute Gasteiger partial charge is 0.416 e. The van der Waals surface area contributed by atoms with Crippen LogP contribution in [0.3, 0.4) is 0 Å². The average Bonchev–Trinajstić information content (AvgIpc) is 2.58. The van der Waals surface area contributed by atoms with E-state index in [4.69, 9.17) is 4.74 Å². The van der Waals surface area contributed by atoms with Gasteiger partial charge in [-0.25, -0.2) is 0 Å². The Balaban J connectivity index is 0.00000180. The highest BCUT2D eigenvalue weighted by molar-refractivity contribution is 5.85. The minimum atomic E-state index is -4.28. The second-order valence-electron chi connectivity index (χ2n) is 4.96. The van der Waals surface area contributed by atoms with E-state index in [0.717, 1.165) is 17.7 Å². The molecule has 1 aliphatic heterocycles. The molecule has 2 unspecified atom stereocenters. The third-order valence-corrected chi connectivity index (χ3v) is 3.03. The second-order valence-corrected chi connectivity index (χ2v) is 4.96. The molecule has 0 aromatic heterocycles. The van der Waals surface area contributed by atoms with E-state index in [1.807, 2.05) is 13.8 Å². The quantitative estimate of drug-likeness (QED) is 0.903. The van der Waals surface area contributed by atoms with E-state index in [1.54, 1.807) is 0 Å². The maximum Gasteiger partial charge on any atom is 0.416 e. The fourth-order valence-corrected chi connectivity index (χ4v) is 2.22. The Morgan fingerprint density at radius 2 is 1.89 bits per heavy atom. The molecule has 1 aromatic carbocycles. The van der Waals surface area contributed by atoms with Gasteiger partial charge in [0.2, 0.25) is 0 Å². The summed E-state index contributed by atoms with van der Waals surface area (Å²) in [6, 6.07) is 5.49. The first-order valence-corrected chi connectivity index (χ1v) is 5.86. The number of alkyl halides is 3. The number of rotatable bonds is 2. The lowest BCUT2D eigenvalue weighted by atomic mass is 10.0. The summed E-state index contributed by atoms with van der Waals surface area (Å²) in [7, 11) is 0. The molecule has 1 fully saturated rings. The number of hydrogen-bond acceptors (Lipinski definition) is 2. The van der Waals surface area contributed by atoms with Crippen LogP contribution in [0.25, 0.3) is 0 Å². The monoisotopic (exact) mass is 295 g/mol. The van der Waals surface area contributed by atoms with Crippen molar-refractivity contribution in [2.24, 2.45) is 0 Å². The summed E-state index contributed by atoms with van der Waals surface area (Å²) in [6.07, 6.45) is -3.73. The van der Waals surface area contributed by atoms with E-state index < -0.39 is 17.5 Å². The second kappa shape index (κ2) is 5.69. The summed E-state index contributed by atoms with van der Waals surface area (Å²) < 4.78 is 42.9. The van der Waals surface area contributed by atoms with Crippen LogP contribution in [0.5, 0.6) is 0 Å². The van der Waals surface area contributed by atoms with Crippen LogP contribution < -0.4 is 5.32 Å². The van der Waals surface area contributed by atoms with Crippen molar-refractivity contribution in [1.82, 2.24) is 5.32 Å². The van der Waals surface area contributed by atoms with Crippen molar-refractivity contribution < 1.29 is 17.9 Å². The third kappa shape index (κ3) is 4.09. The molecule has 1 heterocycles. The lowest BCUT2D eigenvalue weighted by molar-refractivity contribution is -0.137. The van der Waals surface area contributed by atoms with E-state index in [9.17, 15) is 13.2 Å². The van der Waals surface area contributed by atoms with Gasteiger partial charge in [-0.05, 0) is 31.5 Å². The Morgan fingerprint density at radius 1 is 1.32 bits per heavy atom.